The summed E-state index contributed by atoms with van der Waals surface area (Å²) in [5.74, 6) is 2.08. The quantitative estimate of drug-likeness (QED) is 0.857. The zero-order valence-electron chi connectivity index (χ0n) is 9.14. The first-order chi connectivity index (χ1) is 7.78. The summed E-state index contributed by atoms with van der Waals surface area (Å²) in [5, 5.41) is 8.83. The Morgan fingerprint density at radius 1 is 1.06 bits per heavy atom. The van der Waals surface area contributed by atoms with Gasteiger partial charge in [0.05, 0.1) is 0 Å². The lowest BCUT2D eigenvalue weighted by Gasteiger charge is -2.04. The molecule has 1 heterocycles. The number of hydrogen-bond donors (Lipinski definition) is 1. The van der Waals surface area contributed by atoms with Crippen LogP contribution in [-0.4, -0.2) is 5.11 Å². The number of aliphatic hydroxyl groups excluding tert-OH is 1. The van der Waals surface area contributed by atoms with E-state index in [1.807, 2.05) is 31.2 Å². The van der Waals surface area contributed by atoms with Gasteiger partial charge in [-0.15, -0.1) is 0 Å². The first-order valence-electron chi connectivity index (χ1n) is 5.16. The summed E-state index contributed by atoms with van der Waals surface area (Å²) in [6.07, 6.45) is 0. The molecule has 1 aromatic carbocycles. The highest BCUT2D eigenvalue weighted by atomic mass is 16.5. The van der Waals surface area contributed by atoms with Crippen molar-refractivity contribution in [3.8, 4) is 5.75 Å². The van der Waals surface area contributed by atoms with Gasteiger partial charge in [-0.2, -0.15) is 0 Å². The Morgan fingerprint density at radius 3 is 2.38 bits per heavy atom. The molecule has 3 nitrogen and oxygen atoms in total. The Kier molecular flexibility index (Phi) is 3.27. The van der Waals surface area contributed by atoms with Gasteiger partial charge in [0.1, 0.15) is 30.5 Å². The van der Waals surface area contributed by atoms with Crippen molar-refractivity contribution in [3.63, 3.8) is 0 Å². The zero-order valence-corrected chi connectivity index (χ0v) is 9.14. The van der Waals surface area contributed by atoms with Gasteiger partial charge < -0.3 is 14.3 Å². The summed E-state index contributed by atoms with van der Waals surface area (Å²) in [6.45, 7) is 2.33. The third kappa shape index (κ3) is 2.64. The van der Waals surface area contributed by atoms with E-state index in [4.69, 9.17) is 14.3 Å². The Balaban J connectivity index is 1.94. The maximum atomic E-state index is 8.83. The van der Waals surface area contributed by atoms with Crippen LogP contribution in [0.2, 0.25) is 0 Å². The second-order valence-corrected chi connectivity index (χ2v) is 3.63. The fourth-order valence-corrected chi connectivity index (χ4v) is 1.37. The van der Waals surface area contributed by atoms with Crippen LogP contribution in [0.25, 0.3) is 0 Å². The number of hydrogen-bond acceptors (Lipinski definition) is 3. The molecule has 0 fully saturated rings. The number of aliphatic hydroxyl groups is 1. The van der Waals surface area contributed by atoms with E-state index in [1.165, 1.54) is 5.56 Å². The van der Waals surface area contributed by atoms with Crippen LogP contribution >= 0.6 is 0 Å². The third-order valence-electron chi connectivity index (χ3n) is 2.28. The molecular weight excluding hydrogens is 204 g/mol. The maximum Gasteiger partial charge on any atom is 0.146 e. The minimum absolute atomic E-state index is 0.0788. The largest absolute Gasteiger partial charge is 0.486 e. The molecule has 0 unspecified atom stereocenters. The minimum atomic E-state index is -0.0788. The van der Waals surface area contributed by atoms with Gasteiger partial charge in [-0.3, -0.25) is 0 Å². The van der Waals surface area contributed by atoms with E-state index in [2.05, 4.69) is 0 Å². The van der Waals surface area contributed by atoms with Crippen LogP contribution in [0.5, 0.6) is 5.75 Å². The molecular formula is C13H14O3. The van der Waals surface area contributed by atoms with Crippen LogP contribution in [0.3, 0.4) is 0 Å². The van der Waals surface area contributed by atoms with Crippen LogP contribution in [0, 0.1) is 6.92 Å². The molecule has 0 aliphatic rings. The van der Waals surface area contributed by atoms with Gasteiger partial charge in [0.2, 0.25) is 0 Å². The van der Waals surface area contributed by atoms with Crippen molar-refractivity contribution >= 4 is 0 Å². The minimum Gasteiger partial charge on any atom is -0.486 e. The highest BCUT2D eigenvalue weighted by Gasteiger charge is 2.01. The fourth-order valence-electron chi connectivity index (χ4n) is 1.37. The summed E-state index contributed by atoms with van der Waals surface area (Å²) >= 11 is 0. The monoisotopic (exact) mass is 218 g/mol. The van der Waals surface area contributed by atoms with Crippen molar-refractivity contribution in [1.29, 1.82) is 0 Å². The lowest BCUT2D eigenvalue weighted by atomic mass is 10.2. The van der Waals surface area contributed by atoms with Crippen LogP contribution < -0.4 is 4.74 Å². The highest BCUT2D eigenvalue weighted by molar-refractivity contribution is 5.26. The van der Waals surface area contributed by atoms with Crippen molar-refractivity contribution < 1.29 is 14.3 Å². The van der Waals surface area contributed by atoms with Crippen molar-refractivity contribution in [1.82, 2.24) is 0 Å². The molecule has 1 N–H and O–H groups in total. The third-order valence-corrected chi connectivity index (χ3v) is 2.28. The summed E-state index contributed by atoms with van der Waals surface area (Å²) in [5.41, 5.74) is 1.20. The molecule has 16 heavy (non-hydrogen) atoms. The van der Waals surface area contributed by atoms with E-state index in [9.17, 15) is 0 Å². The average Bonchev–Trinajstić information content (AvgIpc) is 2.76. The highest BCUT2D eigenvalue weighted by Crippen LogP contribution is 2.15. The van der Waals surface area contributed by atoms with E-state index in [-0.39, 0.29) is 6.61 Å². The van der Waals surface area contributed by atoms with Gasteiger partial charge in [-0.05, 0) is 31.2 Å². The van der Waals surface area contributed by atoms with Gasteiger partial charge in [0.25, 0.3) is 0 Å². The SMILES string of the molecule is Cc1ccc(OCc2ccc(CO)o2)cc1. The van der Waals surface area contributed by atoms with Crippen molar-refractivity contribution in [2.75, 3.05) is 0 Å². The average molecular weight is 218 g/mol. The normalized spacial score (nSPS) is 10.4. The molecule has 0 aliphatic heterocycles. The first kappa shape index (κ1) is 10.8. The van der Waals surface area contributed by atoms with Crippen LogP contribution in [0.4, 0.5) is 0 Å². The standard InChI is InChI=1S/C13H14O3/c1-10-2-4-11(5-3-10)15-9-13-7-6-12(8-14)16-13/h2-7,14H,8-9H2,1H3. The van der Waals surface area contributed by atoms with Gasteiger partial charge in [-0.25, -0.2) is 0 Å². The van der Waals surface area contributed by atoms with Gasteiger partial charge in [-0.1, -0.05) is 17.7 Å². The molecule has 1 aromatic heterocycles. The summed E-state index contributed by atoms with van der Waals surface area (Å²) in [4.78, 5) is 0. The fraction of sp³-hybridized carbons (Fsp3) is 0.231. The number of rotatable bonds is 4. The second kappa shape index (κ2) is 4.86. The van der Waals surface area contributed by atoms with Gasteiger partial charge >= 0.3 is 0 Å². The van der Waals surface area contributed by atoms with E-state index in [0.29, 0.717) is 18.1 Å². The maximum absolute atomic E-state index is 8.83. The smallest absolute Gasteiger partial charge is 0.146 e. The van der Waals surface area contributed by atoms with Gasteiger partial charge in [0, 0.05) is 0 Å². The van der Waals surface area contributed by atoms with E-state index >= 15 is 0 Å². The number of ether oxygens (including phenoxy) is 1. The zero-order chi connectivity index (χ0) is 11.4. The predicted molar refractivity (Wildman–Crippen MR) is 60.1 cm³/mol. The molecule has 2 rings (SSSR count). The lowest BCUT2D eigenvalue weighted by Crippen LogP contribution is -1.93. The number of aryl methyl sites for hydroxylation is 1. The molecule has 0 amide bonds. The Bertz CT molecular complexity index is 442. The molecule has 0 spiro atoms. The molecule has 2 aromatic rings. The molecule has 3 heteroatoms. The lowest BCUT2D eigenvalue weighted by molar-refractivity contribution is 0.225. The molecule has 0 aliphatic carbocycles. The van der Waals surface area contributed by atoms with Crippen LogP contribution in [0.1, 0.15) is 17.1 Å². The van der Waals surface area contributed by atoms with E-state index in [0.717, 1.165) is 5.75 Å². The predicted octanol–water partition coefficient (Wildman–Crippen LogP) is 2.66. The Morgan fingerprint density at radius 2 is 1.75 bits per heavy atom. The van der Waals surface area contributed by atoms with Gasteiger partial charge in [0.15, 0.2) is 0 Å². The van der Waals surface area contributed by atoms with Crippen molar-refractivity contribution in [2.45, 2.75) is 20.1 Å². The van der Waals surface area contributed by atoms with Crippen LogP contribution in [-0.2, 0) is 13.2 Å². The summed E-state index contributed by atoms with van der Waals surface area (Å²) < 4.78 is 10.8. The van der Waals surface area contributed by atoms with E-state index < -0.39 is 0 Å². The summed E-state index contributed by atoms with van der Waals surface area (Å²) in [7, 11) is 0. The molecule has 84 valence electrons. The van der Waals surface area contributed by atoms with Crippen LogP contribution in [0.15, 0.2) is 40.8 Å². The molecule has 0 atom stereocenters. The van der Waals surface area contributed by atoms with E-state index in [1.54, 1.807) is 12.1 Å². The summed E-state index contributed by atoms with van der Waals surface area (Å²) in [6, 6.07) is 11.4. The van der Waals surface area contributed by atoms with Crippen molar-refractivity contribution in [3.05, 3.63) is 53.5 Å². The molecule has 0 radical (unpaired) electrons. The number of benzene rings is 1. The topological polar surface area (TPSA) is 42.6 Å². The van der Waals surface area contributed by atoms with Crippen molar-refractivity contribution in [2.24, 2.45) is 0 Å². The number of furan rings is 1. The molecule has 0 saturated carbocycles. The first-order valence-corrected chi connectivity index (χ1v) is 5.16. The Labute approximate surface area is 94.3 Å². The Hall–Kier alpha value is -1.74. The molecule has 0 saturated heterocycles. The second-order valence-electron chi connectivity index (χ2n) is 3.63. The molecule has 0 bridgehead atoms.